The third kappa shape index (κ3) is 2.53. The zero-order valence-electron chi connectivity index (χ0n) is 12.4. The van der Waals surface area contributed by atoms with Crippen molar-refractivity contribution in [1.82, 2.24) is 9.97 Å². The van der Waals surface area contributed by atoms with Crippen molar-refractivity contribution in [3.05, 3.63) is 45.2 Å². The number of para-hydroxylation sites is 1. The molecule has 0 spiro atoms. The molecule has 3 rings (SSSR count). The van der Waals surface area contributed by atoms with Gasteiger partial charge in [-0.3, -0.25) is 4.79 Å². The lowest BCUT2D eigenvalue weighted by Gasteiger charge is -2.14. The first-order valence-corrected chi connectivity index (χ1v) is 7.49. The van der Waals surface area contributed by atoms with Gasteiger partial charge in [-0.2, -0.15) is 0 Å². The van der Waals surface area contributed by atoms with Crippen LogP contribution in [0.3, 0.4) is 0 Å². The molecule has 0 aliphatic heterocycles. The number of phenols is 1. The first kappa shape index (κ1) is 15.4. The number of hydrogen-bond donors (Lipinski definition) is 2. The van der Waals surface area contributed by atoms with Gasteiger partial charge in [0.2, 0.25) is 5.75 Å². The van der Waals surface area contributed by atoms with Crippen LogP contribution in [-0.2, 0) is 0 Å². The standard InChI is InChI=1S/C16H13BrN2O4/c1-22-13-10(17)7-9(12(20)14(13)23-2)15-18-11-6-4-3-5-8(11)16(21)19-15/h3-7,20H,1-2H3,(H,18,19,21). The van der Waals surface area contributed by atoms with Gasteiger partial charge in [-0.25, -0.2) is 4.98 Å². The summed E-state index contributed by atoms with van der Waals surface area (Å²) in [6.07, 6.45) is 0. The molecule has 0 aliphatic carbocycles. The van der Waals surface area contributed by atoms with Crippen LogP contribution in [0.15, 0.2) is 39.6 Å². The number of aromatic hydroxyl groups is 1. The second-order valence-corrected chi connectivity index (χ2v) is 5.61. The predicted molar refractivity (Wildman–Crippen MR) is 90.3 cm³/mol. The first-order chi connectivity index (χ1) is 11.1. The Hall–Kier alpha value is -2.54. The molecule has 1 heterocycles. The summed E-state index contributed by atoms with van der Waals surface area (Å²) in [5, 5.41) is 10.9. The molecular formula is C16H13BrN2O4. The number of nitrogens with one attached hydrogen (secondary N) is 1. The quantitative estimate of drug-likeness (QED) is 0.733. The van der Waals surface area contributed by atoms with E-state index in [2.05, 4.69) is 25.9 Å². The van der Waals surface area contributed by atoms with Gasteiger partial charge in [-0.15, -0.1) is 0 Å². The smallest absolute Gasteiger partial charge is 0.259 e. The number of H-pyrrole nitrogens is 1. The zero-order valence-corrected chi connectivity index (χ0v) is 14.0. The van der Waals surface area contributed by atoms with E-state index < -0.39 is 0 Å². The second-order valence-electron chi connectivity index (χ2n) is 4.75. The van der Waals surface area contributed by atoms with Gasteiger partial charge < -0.3 is 19.6 Å². The zero-order chi connectivity index (χ0) is 16.6. The van der Waals surface area contributed by atoms with Gasteiger partial charge in [-0.05, 0) is 34.1 Å². The van der Waals surface area contributed by atoms with Crippen LogP contribution in [0.2, 0.25) is 0 Å². The number of hydrogen-bond acceptors (Lipinski definition) is 5. The molecule has 2 N–H and O–H groups in total. The Morgan fingerprint density at radius 2 is 1.87 bits per heavy atom. The summed E-state index contributed by atoms with van der Waals surface area (Å²) in [7, 11) is 2.89. The number of phenolic OH excluding ortho intramolecular Hbond substituents is 1. The normalized spacial score (nSPS) is 10.7. The van der Waals surface area contributed by atoms with E-state index in [-0.39, 0.29) is 22.9 Å². The first-order valence-electron chi connectivity index (χ1n) is 6.69. The summed E-state index contributed by atoms with van der Waals surface area (Å²) in [5.74, 6) is 0.600. The van der Waals surface area contributed by atoms with Crippen LogP contribution < -0.4 is 15.0 Å². The fourth-order valence-electron chi connectivity index (χ4n) is 2.37. The molecule has 0 radical (unpaired) electrons. The molecule has 6 nitrogen and oxygen atoms in total. The fourth-order valence-corrected chi connectivity index (χ4v) is 2.94. The van der Waals surface area contributed by atoms with Crippen molar-refractivity contribution in [3.63, 3.8) is 0 Å². The van der Waals surface area contributed by atoms with Gasteiger partial charge in [0.15, 0.2) is 11.5 Å². The van der Waals surface area contributed by atoms with Gasteiger partial charge in [-0.1, -0.05) is 12.1 Å². The third-order valence-electron chi connectivity index (χ3n) is 3.44. The number of aromatic nitrogens is 2. The van der Waals surface area contributed by atoms with Gasteiger partial charge >= 0.3 is 0 Å². The lowest BCUT2D eigenvalue weighted by atomic mass is 10.1. The monoisotopic (exact) mass is 376 g/mol. The molecule has 3 aromatic rings. The van der Waals surface area contributed by atoms with Crippen molar-refractivity contribution in [2.24, 2.45) is 0 Å². The van der Waals surface area contributed by atoms with Crippen molar-refractivity contribution in [1.29, 1.82) is 0 Å². The average molecular weight is 377 g/mol. The van der Waals surface area contributed by atoms with Gasteiger partial charge in [0.25, 0.3) is 5.56 Å². The minimum absolute atomic E-state index is 0.160. The molecule has 0 saturated carbocycles. The maximum absolute atomic E-state index is 12.2. The number of ether oxygens (including phenoxy) is 2. The Bertz CT molecular complexity index is 953. The number of benzene rings is 2. The summed E-state index contributed by atoms with van der Waals surface area (Å²) < 4.78 is 11.0. The maximum Gasteiger partial charge on any atom is 0.259 e. The highest BCUT2D eigenvalue weighted by molar-refractivity contribution is 9.10. The molecule has 0 amide bonds. The lowest BCUT2D eigenvalue weighted by Crippen LogP contribution is -2.09. The molecule has 0 saturated heterocycles. The minimum atomic E-state index is -0.282. The van der Waals surface area contributed by atoms with Crippen LogP contribution in [0.4, 0.5) is 0 Å². The number of fused-ring (bicyclic) bond motifs is 1. The highest BCUT2D eigenvalue weighted by atomic mass is 79.9. The number of nitrogens with zero attached hydrogens (tertiary/aromatic N) is 1. The second kappa shape index (κ2) is 5.92. The summed E-state index contributed by atoms with van der Waals surface area (Å²) >= 11 is 3.36. The largest absolute Gasteiger partial charge is 0.504 e. The molecule has 1 aromatic heterocycles. The van der Waals surface area contributed by atoms with Crippen molar-refractivity contribution in [2.75, 3.05) is 14.2 Å². The molecule has 0 aliphatic rings. The van der Waals surface area contributed by atoms with Crippen molar-refractivity contribution in [2.45, 2.75) is 0 Å². The van der Waals surface area contributed by atoms with E-state index in [9.17, 15) is 9.90 Å². The molecule has 7 heteroatoms. The SMILES string of the molecule is COc1c(Br)cc(-c2nc3ccccc3c(=O)[nH]2)c(O)c1OC. The van der Waals surface area contributed by atoms with E-state index in [0.717, 1.165) is 0 Å². The highest BCUT2D eigenvalue weighted by Gasteiger charge is 2.21. The third-order valence-corrected chi connectivity index (χ3v) is 4.03. The summed E-state index contributed by atoms with van der Waals surface area (Å²) in [5.41, 5.74) is 0.588. The minimum Gasteiger partial charge on any atom is -0.504 e. The number of rotatable bonds is 3. The van der Waals surface area contributed by atoms with Gasteiger partial charge in [0.05, 0.1) is 35.2 Å². The van der Waals surface area contributed by atoms with Crippen LogP contribution >= 0.6 is 15.9 Å². The van der Waals surface area contributed by atoms with E-state index in [1.807, 2.05) is 0 Å². The Morgan fingerprint density at radius 1 is 1.17 bits per heavy atom. The van der Waals surface area contributed by atoms with E-state index >= 15 is 0 Å². The van der Waals surface area contributed by atoms with Gasteiger partial charge in [0, 0.05) is 0 Å². The Kier molecular flexibility index (Phi) is 3.96. The van der Waals surface area contributed by atoms with Crippen LogP contribution in [0.5, 0.6) is 17.2 Å². The van der Waals surface area contributed by atoms with Crippen LogP contribution in [0.25, 0.3) is 22.3 Å². The number of methoxy groups -OCH3 is 2. The van der Waals surface area contributed by atoms with Crippen molar-refractivity contribution in [3.8, 4) is 28.6 Å². The van der Waals surface area contributed by atoms with E-state index in [4.69, 9.17) is 9.47 Å². The fraction of sp³-hybridized carbons (Fsp3) is 0.125. The molecule has 23 heavy (non-hydrogen) atoms. The molecule has 118 valence electrons. The molecule has 0 bridgehead atoms. The lowest BCUT2D eigenvalue weighted by molar-refractivity contribution is 0.332. The molecular weight excluding hydrogens is 364 g/mol. The average Bonchev–Trinajstić information content (AvgIpc) is 2.56. The van der Waals surface area contributed by atoms with Crippen LogP contribution in [0.1, 0.15) is 0 Å². The Morgan fingerprint density at radius 3 is 2.57 bits per heavy atom. The topological polar surface area (TPSA) is 84.4 Å². The summed E-state index contributed by atoms with van der Waals surface area (Å²) in [4.78, 5) is 19.3. The molecule has 0 unspecified atom stereocenters. The van der Waals surface area contributed by atoms with E-state index in [1.165, 1.54) is 14.2 Å². The Labute approximate surface area is 139 Å². The van der Waals surface area contributed by atoms with Gasteiger partial charge in [0.1, 0.15) is 5.82 Å². The van der Waals surface area contributed by atoms with E-state index in [1.54, 1.807) is 30.3 Å². The van der Waals surface area contributed by atoms with E-state index in [0.29, 0.717) is 26.7 Å². The summed E-state index contributed by atoms with van der Waals surface area (Å²) in [6, 6.07) is 8.60. The van der Waals surface area contributed by atoms with Crippen LogP contribution in [-0.4, -0.2) is 29.3 Å². The van der Waals surface area contributed by atoms with Crippen molar-refractivity contribution < 1.29 is 14.6 Å². The maximum atomic E-state index is 12.2. The molecule has 0 atom stereocenters. The Balaban J connectivity index is 2.31. The molecule has 2 aromatic carbocycles. The predicted octanol–water partition coefficient (Wildman–Crippen LogP) is 3.08. The number of halogens is 1. The summed E-state index contributed by atoms with van der Waals surface area (Å²) in [6.45, 7) is 0. The van der Waals surface area contributed by atoms with Crippen LogP contribution in [0, 0.1) is 0 Å². The highest BCUT2D eigenvalue weighted by Crippen LogP contribution is 2.47. The molecule has 0 fully saturated rings. The van der Waals surface area contributed by atoms with Crippen molar-refractivity contribution >= 4 is 26.8 Å². The number of aromatic amines is 1.